The van der Waals surface area contributed by atoms with Gasteiger partial charge in [-0.25, -0.2) is 0 Å². The highest BCUT2D eigenvalue weighted by Gasteiger charge is 2.46. The van der Waals surface area contributed by atoms with Crippen LogP contribution >= 0.6 is 0 Å². The highest BCUT2D eigenvalue weighted by molar-refractivity contribution is 6.46. The van der Waals surface area contributed by atoms with Gasteiger partial charge in [-0.3, -0.25) is 9.59 Å². The van der Waals surface area contributed by atoms with E-state index in [1.54, 1.807) is 24.3 Å². The van der Waals surface area contributed by atoms with Gasteiger partial charge in [-0.15, -0.1) is 0 Å². The molecule has 0 bridgehead atoms. The minimum atomic E-state index is -0.701. The highest BCUT2D eigenvalue weighted by Crippen LogP contribution is 2.41. The van der Waals surface area contributed by atoms with Crippen molar-refractivity contribution in [2.24, 2.45) is 5.92 Å². The zero-order valence-electron chi connectivity index (χ0n) is 18.4. The maximum Gasteiger partial charge on any atom is 0.295 e. The number of aliphatic hydroxyl groups excluding tert-OH is 1. The zero-order chi connectivity index (χ0) is 22.5. The maximum atomic E-state index is 13.0. The lowest BCUT2D eigenvalue weighted by atomic mass is 9.95. The first-order chi connectivity index (χ1) is 14.9. The summed E-state index contributed by atoms with van der Waals surface area (Å²) in [6.45, 7) is 7.02. The predicted molar refractivity (Wildman–Crippen MR) is 119 cm³/mol. The summed E-state index contributed by atoms with van der Waals surface area (Å²) in [5, 5.41) is 11.2. The van der Waals surface area contributed by atoms with Crippen molar-refractivity contribution in [3.8, 4) is 11.5 Å². The molecule has 1 N–H and O–H groups in total. The van der Waals surface area contributed by atoms with E-state index in [4.69, 9.17) is 9.47 Å². The van der Waals surface area contributed by atoms with Crippen molar-refractivity contribution in [3.63, 3.8) is 0 Å². The number of methoxy groups -OCH3 is 1. The first-order valence-electron chi connectivity index (χ1n) is 10.5. The lowest BCUT2D eigenvalue weighted by Gasteiger charge is -2.25. The number of ketones is 1. The molecule has 1 amide bonds. The van der Waals surface area contributed by atoms with Crippen LogP contribution in [0.1, 0.15) is 44.4 Å². The van der Waals surface area contributed by atoms with Gasteiger partial charge in [0, 0.05) is 6.54 Å². The molecule has 0 spiro atoms. The summed E-state index contributed by atoms with van der Waals surface area (Å²) in [7, 11) is 1.49. The molecule has 0 aromatic heterocycles. The fourth-order valence-electron chi connectivity index (χ4n) is 3.72. The van der Waals surface area contributed by atoms with Crippen molar-refractivity contribution in [3.05, 3.63) is 65.2 Å². The van der Waals surface area contributed by atoms with E-state index in [0.29, 0.717) is 48.1 Å². The molecule has 1 atom stereocenters. The van der Waals surface area contributed by atoms with Crippen molar-refractivity contribution in [1.29, 1.82) is 0 Å². The summed E-state index contributed by atoms with van der Waals surface area (Å²) < 4.78 is 11.2. The van der Waals surface area contributed by atoms with Crippen LogP contribution in [0.4, 0.5) is 0 Å². The number of carbonyl (C=O) groups excluding carboxylic acids is 2. The fraction of sp³-hybridized carbons (Fsp3) is 0.360. The first-order valence-corrected chi connectivity index (χ1v) is 10.5. The molecule has 3 rings (SSSR count). The van der Waals surface area contributed by atoms with E-state index in [1.807, 2.05) is 31.2 Å². The summed E-state index contributed by atoms with van der Waals surface area (Å²) in [6.07, 6.45) is 0.682. The topological polar surface area (TPSA) is 76.1 Å². The Labute approximate surface area is 183 Å². The van der Waals surface area contributed by atoms with Gasteiger partial charge in [-0.1, -0.05) is 45.0 Å². The monoisotopic (exact) mass is 423 g/mol. The van der Waals surface area contributed by atoms with E-state index < -0.39 is 17.7 Å². The molecule has 0 saturated carbocycles. The van der Waals surface area contributed by atoms with E-state index >= 15 is 0 Å². The van der Waals surface area contributed by atoms with Crippen molar-refractivity contribution in [2.75, 3.05) is 20.3 Å². The maximum absolute atomic E-state index is 13.0. The third-order valence-electron chi connectivity index (χ3n) is 5.12. The first kappa shape index (κ1) is 22.4. The zero-order valence-corrected chi connectivity index (χ0v) is 18.4. The number of nitrogens with zero attached hydrogens (tertiary/aromatic N) is 1. The van der Waals surface area contributed by atoms with Crippen LogP contribution < -0.4 is 9.47 Å². The molecule has 0 radical (unpaired) electrons. The Hall–Kier alpha value is -3.28. The number of para-hydroxylation sites is 1. The van der Waals surface area contributed by atoms with Crippen LogP contribution in [0.25, 0.3) is 5.76 Å². The number of hydrogen-bond donors (Lipinski definition) is 1. The molecular formula is C25H29NO5. The van der Waals surface area contributed by atoms with E-state index in [2.05, 4.69) is 13.8 Å². The average Bonchev–Trinajstić information content (AvgIpc) is 3.02. The number of aliphatic hydroxyl groups is 1. The Bertz CT molecular complexity index is 995. The third kappa shape index (κ3) is 4.58. The molecule has 1 aliphatic heterocycles. The molecule has 6 nitrogen and oxygen atoms in total. The Morgan fingerprint density at radius 2 is 1.87 bits per heavy atom. The standard InChI is InChI=1S/C25H29NO5/c1-5-13-26-22(17-9-8-10-18(14-17)31-15-16(2)3)21(24(28)25(26)29)23(27)19-11-6-7-12-20(19)30-4/h6-12,14,16,22,27H,5,13,15H2,1-4H3/b23-21-. The van der Waals surface area contributed by atoms with E-state index in [9.17, 15) is 14.7 Å². The Balaban J connectivity index is 2.14. The predicted octanol–water partition coefficient (Wildman–Crippen LogP) is 4.56. The van der Waals surface area contributed by atoms with Gasteiger partial charge in [0.05, 0.1) is 30.9 Å². The van der Waals surface area contributed by atoms with Crippen molar-refractivity contribution >= 4 is 17.4 Å². The number of rotatable bonds is 8. The van der Waals surface area contributed by atoms with Gasteiger partial charge >= 0.3 is 0 Å². The molecule has 1 unspecified atom stereocenters. The minimum Gasteiger partial charge on any atom is -0.507 e. The second-order valence-electron chi connectivity index (χ2n) is 7.97. The average molecular weight is 424 g/mol. The third-order valence-corrected chi connectivity index (χ3v) is 5.12. The van der Waals surface area contributed by atoms with Gasteiger partial charge in [0.25, 0.3) is 11.7 Å². The van der Waals surface area contributed by atoms with Crippen LogP contribution in [0.5, 0.6) is 11.5 Å². The SMILES string of the molecule is CCCN1C(=O)C(=O)/C(=C(\O)c2ccccc2OC)C1c1cccc(OCC(C)C)c1. The lowest BCUT2D eigenvalue weighted by molar-refractivity contribution is -0.139. The summed E-state index contributed by atoms with van der Waals surface area (Å²) in [4.78, 5) is 27.4. The van der Waals surface area contributed by atoms with Crippen LogP contribution in [0, 0.1) is 5.92 Å². The van der Waals surface area contributed by atoms with Crippen LogP contribution in [0.2, 0.25) is 0 Å². The number of amides is 1. The molecule has 1 fully saturated rings. The summed E-state index contributed by atoms with van der Waals surface area (Å²) in [5.41, 5.74) is 1.14. The molecule has 164 valence electrons. The molecule has 1 saturated heterocycles. The Morgan fingerprint density at radius 3 is 2.55 bits per heavy atom. The molecule has 1 heterocycles. The molecule has 31 heavy (non-hydrogen) atoms. The largest absolute Gasteiger partial charge is 0.507 e. The van der Waals surface area contributed by atoms with Crippen LogP contribution in [0.15, 0.2) is 54.1 Å². The number of ether oxygens (including phenoxy) is 2. The number of likely N-dealkylation sites (tertiary alicyclic amines) is 1. The normalized spacial score (nSPS) is 18.0. The molecule has 1 aliphatic rings. The molecule has 2 aromatic carbocycles. The fourth-order valence-corrected chi connectivity index (χ4v) is 3.72. The molecular weight excluding hydrogens is 394 g/mol. The molecule has 0 aliphatic carbocycles. The van der Waals surface area contributed by atoms with Crippen molar-refractivity contribution in [1.82, 2.24) is 4.90 Å². The Kier molecular flexibility index (Phi) is 7.00. The lowest BCUT2D eigenvalue weighted by Crippen LogP contribution is -2.30. The van der Waals surface area contributed by atoms with Gasteiger partial charge < -0.3 is 19.5 Å². The second-order valence-corrected chi connectivity index (χ2v) is 7.97. The van der Waals surface area contributed by atoms with Crippen LogP contribution in [-0.4, -0.2) is 42.0 Å². The number of hydrogen-bond acceptors (Lipinski definition) is 5. The van der Waals surface area contributed by atoms with Gasteiger partial charge in [0.1, 0.15) is 17.3 Å². The van der Waals surface area contributed by atoms with E-state index in [0.717, 1.165) is 0 Å². The van der Waals surface area contributed by atoms with Crippen molar-refractivity contribution in [2.45, 2.75) is 33.2 Å². The quantitative estimate of drug-likeness (QED) is 0.383. The van der Waals surface area contributed by atoms with Gasteiger partial charge in [-0.05, 0) is 42.2 Å². The van der Waals surface area contributed by atoms with Crippen molar-refractivity contribution < 1.29 is 24.2 Å². The number of Topliss-reactive ketones (excluding diaryl/α,β-unsaturated/α-hetero) is 1. The van der Waals surface area contributed by atoms with Crippen LogP contribution in [0.3, 0.4) is 0 Å². The van der Waals surface area contributed by atoms with Gasteiger partial charge in [0.15, 0.2) is 0 Å². The second kappa shape index (κ2) is 9.69. The number of benzene rings is 2. The molecule has 6 heteroatoms. The van der Waals surface area contributed by atoms with Crippen LogP contribution in [-0.2, 0) is 9.59 Å². The van der Waals surface area contributed by atoms with Gasteiger partial charge in [0.2, 0.25) is 0 Å². The summed E-state index contributed by atoms with van der Waals surface area (Å²) in [6, 6.07) is 13.5. The van der Waals surface area contributed by atoms with E-state index in [-0.39, 0.29) is 11.3 Å². The summed E-state index contributed by atoms with van der Waals surface area (Å²) in [5.74, 6) is -0.111. The molecule has 2 aromatic rings. The smallest absolute Gasteiger partial charge is 0.295 e. The number of carbonyl (C=O) groups is 2. The van der Waals surface area contributed by atoms with E-state index in [1.165, 1.54) is 12.0 Å². The summed E-state index contributed by atoms with van der Waals surface area (Å²) >= 11 is 0. The minimum absolute atomic E-state index is 0.0592. The van der Waals surface area contributed by atoms with Gasteiger partial charge in [-0.2, -0.15) is 0 Å². The Morgan fingerprint density at radius 1 is 1.13 bits per heavy atom. The highest BCUT2D eigenvalue weighted by atomic mass is 16.5.